The van der Waals surface area contributed by atoms with Crippen molar-refractivity contribution in [3.63, 3.8) is 0 Å². The molecule has 0 bridgehead atoms. The van der Waals surface area contributed by atoms with Crippen molar-refractivity contribution < 1.29 is 14.7 Å². The maximum absolute atomic E-state index is 12.1. The molecule has 2 aromatic rings. The van der Waals surface area contributed by atoms with E-state index in [9.17, 15) is 9.59 Å². The number of amides is 1. The van der Waals surface area contributed by atoms with Crippen LogP contribution in [0.25, 0.3) is 0 Å². The molecule has 0 aliphatic heterocycles. The third-order valence-corrected chi connectivity index (χ3v) is 4.87. The van der Waals surface area contributed by atoms with E-state index < -0.39 is 12.0 Å². The van der Waals surface area contributed by atoms with Gasteiger partial charge in [-0.25, -0.2) is 4.98 Å². The number of carboxylic acids is 1. The van der Waals surface area contributed by atoms with Crippen LogP contribution in [0.5, 0.6) is 0 Å². The lowest BCUT2D eigenvalue weighted by Gasteiger charge is -2.15. The number of aliphatic carboxylic acids is 1. The topological polar surface area (TPSA) is 79.3 Å². The van der Waals surface area contributed by atoms with Crippen LogP contribution in [0.2, 0.25) is 0 Å². The summed E-state index contributed by atoms with van der Waals surface area (Å²) in [6.07, 6.45) is 0.907. The predicted molar refractivity (Wildman–Crippen MR) is 82.7 cm³/mol. The lowest BCUT2D eigenvalue weighted by Crippen LogP contribution is -2.31. The van der Waals surface area contributed by atoms with Crippen molar-refractivity contribution in [2.24, 2.45) is 0 Å². The number of thiophene rings is 1. The van der Waals surface area contributed by atoms with Crippen LogP contribution in [-0.4, -0.2) is 22.0 Å². The first-order chi connectivity index (χ1) is 10.1. The summed E-state index contributed by atoms with van der Waals surface area (Å²) in [7, 11) is 0. The lowest BCUT2D eigenvalue weighted by molar-refractivity contribution is -0.137. The molecule has 1 unspecified atom stereocenters. The number of hydrogen-bond donors (Lipinski definition) is 2. The lowest BCUT2D eigenvalue weighted by atomic mass is 10.1. The summed E-state index contributed by atoms with van der Waals surface area (Å²) in [5.74, 6) is -1.14. The van der Waals surface area contributed by atoms with Gasteiger partial charge < -0.3 is 10.4 Å². The third kappa shape index (κ3) is 4.64. The van der Waals surface area contributed by atoms with Crippen molar-refractivity contribution in [3.05, 3.63) is 38.5 Å². The minimum atomic E-state index is -0.935. The summed E-state index contributed by atoms with van der Waals surface area (Å²) in [6.45, 7) is 2.02. The zero-order valence-corrected chi connectivity index (χ0v) is 13.2. The summed E-state index contributed by atoms with van der Waals surface area (Å²) >= 11 is 2.97. The highest BCUT2D eigenvalue weighted by molar-refractivity contribution is 7.10. The van der Waals surface area contributed by atoms with E-state index in [0.717, 1.165) is 22.0 Å². The number of thiazole rings is 1. The van der Waals surface area contributed by atoms with E-state index in [4.69, 9.17) is 5.11 Å². The summed E-state index contributed by atoms with van der Waals surface area (Å²) in [5, 5.41) is 16.5. The minimum Gasteiger partial charge on any atom is -0.481 e. The maximum atomic E-state index is 12.1. The van der Waals surface area contributed by atoms with Crippen molar-refractivity contribution in [2.75, 3.05) is 0 Å². The van der Waals surface area contributed by atoms with Crippen molar-refractivity contribution >= 4 is 34.6 Å². The fourth-order valence-corrected chi connectivity index (χ4v) is 3.41. The second kappa shape index (κ2) is 7.33. The van der Waals surface area contributed by atoms with Crippen molar-refractivity contribution in [1.29, 1.82) is 0 Å². The molecular weight excluding hydrogens is 308 g/mol. The summed E-state index contributed by atoms with van der Waals surface area (Å²) < 4.78 is 0. The van der Waals surface area contributed by atoms with Gasteiger partial charge in [0.05, 0.1) is 29.6 Å². The largest absolute Gasteiger partial charge is 0.481 e. The number of carbonyl (C=O) groups is 2. The third-order valence-electron chi connectivity index (χ3n) is 2.84. The first kappa shape index (κ1) is 15.7. The summed E-state index contributed by atoms with van der Waals surface area (Å²) in [4.78, 5) is 28.2. The number of aryl methyl sites for hydroxylation is 1. The molecule has 7 heteroatoms. The van der Waals surface area contributed by atoms with Crippen LogP contribution >= 0.6 is 22.7 Å². The van der Waals surface area contributed by atoms with Gasteiger partial charge in [0.25, 0.3) is 0 Å². The molecular formula is C14H16N2O3S2. The molecule has 0 saturated heterocycles. The number of rotatable bonds is 7. The quantitative estimate of drug-likeness (QED) is 0.820. The SMILES string of the molecule is CCc1nc(CC(=O)NC(CC(=O)O)c2cccs2)cs1. The second-order valence-electron chi connectivity index (χ2n) is 4.50. The molecule has 0 saturated carbocycles. The van der Waals surface area contributed by atoms with Gasteiger partial charge in [0.1, 0.15) is 0 Å². The van der Waals surface area contributed by atoms with Gasteiger partial charge in [-0.15, -0.1) is 22.7 Å². The van der Waals surface area contributed by atoms with Gasteiger partial charge in [-0.05, 0) is 17.9 Å². The fourth-order valence-electron chi connectivity index (χ4n) is 1.89. The van der Waals surface area contributed by atoms with Gasteiger partial charge in [-0.2, -0.15) is 0 Å². The zero-order valence-electron chi connectivity index (χ0n) is 11.5. The number of aromatic nitrogens is 1. The standard InChI is InChI=1S/C14H16N2O3S2/c1-2-13-15-9(8-21-13)6-12(17)16-10(7-14(18)19)11-4-3-5-20-11/h3-5,8,10H,2,6-7H2,1H3,(H,16,17)(H,18,19). The van der Waals surface area contributed by atoms with Gasteiger partial charge in [-0.1, -0.05) is 13.0 Å². The average Bonchev–Trinajstić information content (AvgIpc) is 3.08. The highest BCUT2D eigenvalue weighted by atomic mass is 32.1. The Balaban J connectivity index is 1.99. The number of carbonyl (C=O) groups excluding carboxylic acids is 1. The van der Waals surface area contributed by atoms with Gasteiger partial charge in [0.15, 0.2) is 0 Å². The summed E-state index contributed by atoms with van der Waals surface area (Å²) in [6, 6.07) is 3.19. The monoisotopic (exact) mass is 324 g/mol. The Labute approximate surface area is 130 Å². The Bertz CT molecular complexity index is 608. The molecule has 21 heavy (non-hydrogen) atoms. The molecule has 1 atom stereocenters. The Hall–Kier alpha value is -1.73. The van der Waals surface area contributed by atoms with E-state index in [1.807, 2.05) is 29.8 Å². The highest BCUT2D eigenvalue weighted by Crippen LogP contribution is 2.22. The number of nitrogens with one attached hydrogen (secondary N) is 1. The Kier molecular flexibility index (Phi) is 5.46. The second-order valence-corrected chi connectivity index (χ2v) is 6.42. The van der Waals surface area contributed by atoms with E-state index in [0.29, 0.717) is 0 Å². The molecule has 0 aromatic carbocycles. The predicted octanol–water partition coefficient (Wildman–Crippen LogP) is 2.64. The molecule has 2 N–H and O–H groups in total. The maximum Gasteiger partial charge on any atom is 0.305 e. The van der Waals surface area contributed by atoms with E-state index in [2.05, 4.69) is 10.3 Å². The first-order valence-corrected chi connectivity index (χ1v) is 8.32. The average molecular weight is 324 g/mol. The molecule has 0 spiro atoms. The molecule has 0 fully saturated rings. The Morgan fingerprint density at radius 3 is 2.81 bits per heavy atom. The van der Waals surface area contributed by atoms with Gasteiger partial charge in [0.2, 0.25) is 5.91 Å². The van der Waals surface area contributed by atoms with Crippen molar-refractivity contribution in [1.82, 2.24) is 10.3 Å². The van der Waals surface area contributed by atoms with Crippen LogP contribution in [-0.2, 0) is 22.4 Å². The van der Waals surface area contributed by atoms with E-state index in [1.54, 1.807) is 0 Å². The van der Waals surface area contributed by atoms with E-state index in [-0.39, 0.29) is 18.7 Å². The van der Waals surface area contributed by atoms with Crippen LogP contribution in [0, 0.1) is 0 Å². The smallest absolute Gasteiger partial charge is 0.305 e. The summed E-state index contributed by atoms with van der Waals surface area (Å²) in [5.41, 5.74) is 0.731. The molecule has 1 amide bonds. The van der Waals surface area contributed by atoms with E-state index >= 15 is 0 Å². The fraction of sp³-hybridized carbons (Fsp3) is 0.357. The van der Waals surface area contributed by atoms with Crippen molar-refractivity contribution in [2.45, 2.75) is 32.2 Å². The Morgan fingerprint density at radius 2 is 2.24 bits per heavy atom. The van der Waals surface area contributed by atoms with Crippen LogP contribution in [0.3, 0.4) is 0 Å². The number of hydrogen-bond acceptors (Lipinski definition) is 5. The van der Waals surface area contributed by atoms with Gasteiger partial charge >= 0.3 is 5.97 Å². The number of nitrogens with zero attached hydrogens (tertiary/aromatic N) is 1. The first-order valence-electron chi connectivity index (χ1n) is 6.56. The van der Waals surface area contributed by atoms with Crippen molar-refractivity contribution in [3.8, 4) is 0 Å². The Morgan fingerprint density at radius 1 is 1.43 bits per heavy atom. The van der Waals surface area contributed by atoms with Crippen LogP contribution in [0.15, 0.2) is 22.9 Å². The molecule has 0 aliphatic carbocycles. The van der Waals surface area contributed by atoms with Gasteiger partial charge in [-0.3, -0.25) is 9.59 Å². The van der Waals surface area contributed by atoms with Crippen LogP contribution in [0.1, 0.15) is 35.0 Å². The molecule has 0 aliphatic rings. The normalized spacial score (nSPS) is 12.0. The molecule has 2 rings (SSSR count). The minimum absolute atomic E-state index is 0.121. The highest BCUT2D eigenvalue weighted by Gasteiger charge is 2.19. The molecule has 2 heterocycles. The molecule has 2 aromatic heterocycles. The number of carboxylic acid groups (broad SMARTS) is 1. The van der Waals surface area contributed by atoms with Crippen LogP contribution in [0.4, 0.5) is 0 Å². The van der Waals surface area contributed by atoms with Gasteiger partial charge in [0, 0.05) is 10.3 Å². The molecule has 0 radical (unpaired) electrons. The molecule has 5 nitrogen and oxygen atoms in total. The van der Waals surface area contributed by atoms with E-state index in [1.165, 1.54) is 22.7 Å². The van der Waals surface area contributed by atoms with Crippen LogP contribution < -0.4 is 5.32 Å². The molecule has 112 valence electrons. The zero-order chi connectivity index (χ0) is 15.2.